The third kappa shape index (κ3) is 16.3. The van der Waals surface area contributed by atoms with Crippen LogP contribution >= 0.6 is 0 Å². The van der Waals surface area contributed by atoms with Crippen LogP contribution in [0.3, 0.4) is 0 Å². The van der Waals surface area contributed by atoms with Crippen LogP contribution in [0.4, 0.5) is 4.79 Å². The molecule has 458 valence electrons. The topological polar surface area (TPSA) is 290 Å². The SMILES string of the molecule is C.CC(C)(C)OC(=O)N[C@H](C(=O)O)C1CC1.CC1CNCC(c2ccc(C#N)c3ncccc23)C1.C[C@@H]1C[C@@H](c2ccc(C#N)c3ncccc23)CN(C(=O)[C@@H](N)C2CC2)C1.C[C@@H]1C[C@H](c2ccc(C#N)c3ncccc23)CN(C(=O)[C@@H](N)C2CC2)C1. The molecular formula is C69H86N12O6. The van der Waals surface area contributed by atoms with E-state index in [0.29, 0.717) is 65.3 Å². The van der Waals surface area contributed by atoms with Crippen molar-refractivity contribution in [2.75, 3.05) is 39.3 Å². The van der Waals surface area contributed by atoms with Crippen molar-refractivity contribution in [3.63, 3.8) is 0 Å². The Kier molecular flexibility index (Phi) is 21.4. The summed E-state index contributed by atoms with van der Waals surface area (Å²) in [5, 5.41) is 45.8. The Hall–Kier alpha value is -8.08. The van der Waals surface area contributed by atoms with E-state index >= 15 is 0 Å². The summed E-state index contributed by atoms with van der Waals surface area (Å²) < 4.78 is 4.98. The molecule has 6 heterocycles. The number of amides is 3. The summed E-state index contributed by atoms with van der Waals surface area (Å²) in [7, 11) is 0. The number of likely N-dealkylation sites (tertiary alicyclic amines) is 2. The summed E-state index contributed by atoms with van der Waals surface area (Å²) >= 11 is 0. The zero-order valence-corrected chi connectivity index (χ0v) is 50.4. The first-order chi connectivity index (χ1) is 41.2. The molecule has 9 atom stereocenters. The van der Waals surface area contributed by atoms with Crippen molar-refractivity contribution in [1.82, 2.24) is 35.4 Å². The number of nitrogens with one attached hydrogen (secondary N) is 2. The van der Waals surface area contributed by atoms with E-state index in [9.17, 15) is 35.0 Å². The Bertz CT molecular complexity index is 3430. The number of alkyl carbamates (subject to hydrolysis) is 1. The number of hydrogen-bond donors (Lipinski definition) is 5. The van der Waals surface area contributed by atoms with Crippen molar-refractivity contribution < 1.29 is 29.0 Å². The minimum absolute atomic E-state index is 0. The Morgan fingerprint density at radius 2 is 0.966 bits per heavy atom. The van der Waals surface area contributed by atoms with Crippen LogP contribution in [0.5, 0.6) is 0 Å². The predicted molar refractivity (Wildman–Crippen MR) is 337 cm³/mol. The van der Waals surface area contributed by atoms with Crippen molar-refractivity contribution in [3.05, 3.63) is 125 Å². The van der Waals surface area contributed by atoms with Gasteiger partial charge >= 0.3 is 12.1 Å². The number of nitrogens with zero attached hydrogens (tertiary/aromatic N) is 8. The Balaban J connectivity index is 0.000000153. The van der Waals surface area contributed by atoms with Gasteiger partial charge in [-0.25, -0.2) is 9.59 Å². The van der Waals surface area contributed by atoms with Crippen LogP contribution in [-0.4, -0.2) is 117 Å². The van der Waals surface area contributed by atoms with E-state index in [-0.39, 0.29) is 49.1 Å². The molecule has 0 bridgehead atoms. The molecular weight excluding hydrogens is 1090 g/mol. The first-order valence-corrected chi connectivity index (χ1v) is 30.6. The van der Waals surface area contributed by atoms with Crippen LogP contribution in [0.15, 0.2) is 91.4 Å². The van der Waals surface area contributed by atoms with Gasteiger partial charge in [0, 0.05) is 79.3 Å². The maximum Gasteiger partial charge on any atom is 0.408 e. The molecule has 3 aromatic carbocycles. The minimum Gasteiger partial charge on any atom is -0.480 e. The van der Waals surface area contributed by atoms with Gasteiger partial charge in [-0.1, -0.05) is 64.6 Å². The minimum atomic E-state index is -0.997. The molecule has 3 aromatic heterocycles. The lowest BCUT2D eigenvalue weighted by atomic mass is 9.83. The van der Waals surface area contributed by atoms with Crippen LogP contribution < -0.4 is 22.1 Å². The van der Waals surface area contributed by atoms with Gasteiger partial charge in [-0.15, -0.1) is 0 Å². The lowest BCUT2D eigenvalue weighted by molar-refractivity contribution is -0.140. The zero-order chi connectivity index (χ0) is 61.4. The van der Waals surface area contributed by atoms with Gasteiger partial charge in [-0.05, 0) is 180 Å². The first kappa shape index (κ1) is 64.9. The van der Waals surface area contributed by atoms with Gasteiger partial charge in [0.2, 0.25) is 11.8 Å². The number of hydrogen-bond acceptors (Lipinski definition) is 14. The number of nitrogens with two attached hydrogens (primary N) is 2. The number of piperidine rings is 3. The van der Waals surface area contributed by atoms with E-state index in [1.807, 2.05) is 70.5 Å². The van der Waals surface area contributed by atoms with Gasteiger partial charge in [0.15, 0.2) is 0 Å². The van der Waals surface area contributed by atoms with Crippen LogP contribution in [0.25, 0.3) is 32.7 Å². The number of carbonyl (C=O) groups is 4. The standard InChI is InChI=1S/2C21H24N4O.C16H17N3.C10H17NO4.CH4/c2*1-13-9-16(12-25(11-13)21(26)19(23)14-4-5-14)17-7-6-15(10-22)20-18(17)3-2-8-24-20;1-11-7-13(10-18-9-11)14-5-4-12(8-17)16-15(14)3-2-6-19-16;1-10(2,3)15-9(14)11-7(8(12)13)6-4-5-6;/h2*2-3,6-8,13-14,16,19H,4-5,9,11-12,23H2,1H3;2-6,11,13,18H,7,9-10H2,1H3;6-7H,4-5H2,1-3H3,(H,11,14)(H,12,13);1H4/t13-,16+,19+;13-,16-,19+;;7-;/m11.0./s1. The van der Waals surface area contributed by atoms with Crippen LogP contribution in [0, 0.1) is 69.5 Å². The highest BCUT2D eigenvalue weighted by Crippen LogP contribution is 2.40. The Morgan fingerprint density at radius 3 is 1.31 bits per heavy atom. The fraction of sp³-hybridized carbons (Fsp3) is 0.507. The molecule has 6 aromatic rings. The highest BCUT2D eigenvalue weighted by atomic mass is 16.6. The van der Waals surface area contributed by atoms with Crippen molar-refractivity contribution in [2.45, 2.75) is 148 Å². The van der Waals surface area contributed by atoms with E-state index in [0.717, 1.165) is 110 Å². The van der Waals surface area contributed by atoms with E-state index in [4.69, 9.17) is 21.3 Å². The highest BCUT2D eigenvalue weighted by molar-refractivity contribution is 5.90. The molecule has 0 radical (unpaired) electrons. The van der Waals surface area contributed by atoms with E-state index in [1.165, 1.54) is 23.1 Å². The zero-order valence-electron chi connectivity index (χ0n) is 50.4. The summed E-state index contributed by atoms with van der Waals surface area (Å²) in [5.74, 6) is 2.55. The van der Waals surface area contributed by atoms with Crippen molar-refractivity contribution in [3.8, 4) is 18.2 Å². The molecule has 87 heavy (non-hydrogen) atoms. The quantitative estimate of drug-likeness (QED) is 0.0852. The molecule has 2 unspecified atom stereocenters. The number of benzene rings is 3. The number of rotatable bonds is 10. The van der Waals surface area contributed by atoms with Crippen LogP contribution in [-0.2, 0) is 19.1 Å². The lowest BCUT2D eigenvalue weighted by Gasteiger charge is -2.38. The van der Waals surface area contributed by atoms with Gasteiger partial charge in [-0.3, -0.25) is 24.5 Å². The van der Waals surface area contributed by atoms with E-state index in [2.05, 4.69) is 76.7 Å². The predicted octanol–water partition coefficient (Wildman–Crippen LogP) is 10.4. The number of ether oxygens (including phenoxy) is 1. The molecule has 3 saturated carbocycles. The lowest BCUT2D eigenvalue weighted by Crippen LogP contribution is -2.50. The molecule has 3 saturated heterocycles. The normalized spacial score (nSPS) is 22.7. The van der Waals surface area contributed by atoms with Gasteiger partial charge in [0.05, 0.1) is 45.3 Å². The van der Waals surface area contributed by atoms with Gasteiger partial charge in [0.1, 0.15) is 29.9 Å². The summed E-state index contributed by atoms with van der Waals surface area (Å²) in [4.78, 5) is 64.9. The first-order valence-electron chi connectivity index (χ1n) is 30.6. The number of carboxylic acids is 1. The molecule has 6 fully saturated rings. The fourth-order valence-electron chi connectivity index (χ4n) is 12.8. The Labute approximate surface area is 512 Å². The van der Waals surface area contributed by atoms with Crippen LogP contribution in [0.1, 0.15) is 158 Å². The summed E-state index contributed by atoms with van der Waals surface area (Å²) in [5.41, 5.74) is 19.6. The number of carboxylic acid groups (broad SMARTS) is 1. The maximum atomic E-state index is 12.8. The summed E-state index contributed by atoms with van der Waals surface area (Å²) in [6, 6.07) is 28.9. The van der Waals surface area contributed by atoms with E-state index < -0.39 is 23.7 Å². The second-order valence-electron chi connectivity index (χ2n) is 25.9. The number of nitriles is 3. The van der Waals surface area contributed by atoms with Crippen molar-refractivity contribution in [2.24, 2.45) is 47.0 Å². The maximum absolute atomic E-state index is 12.8. The van der Waals surface area contributed by atoms with Gasteiger partial charge in [-0.2, -0.15) is 15.8 Å². The second-order valence-corrected chi connectivity index (χ2v) is 25.9. The van der Waals surface area contributed by atoms with Crippen LogP contribution in [0.2, 0.25) is 0 Å². The largest absolute Gasteiger partial charge is 0.480 e. The smallest absolute Gasteiger partial charge is 0.408 e. The van der Waals surface area contributed by atoms with Gasteiger partial charge < -0.3 is 41.7 Å². The molecule has 7 N–H and O–H groups in total. The van der Waals surface area contributed by atoms with E-state index in [1.54, 1.807) is 39.4 Å². The number of pyridine rings is 3. The second kappa shape index (κ2) is 28.6. The number of fused-ring (bicyclic) bond motifs is 3. The number of aromatic nitrogens is 3. The third-order valence-corrected chi connectivity index (χ3v) is 17.5. The molecule has 0 spiro atoms. The molecule has 6 aliphatic rings. The number of aliphatic carboxylic acids is 1. The molecule has 18 nitrogen and oxygen atoms in total. The molecule has 3 aliphatic carbocycles. The monoisotopic (exact) mass is 1180 g/mol. The Morgan fingerprint density at radius 1 is 0.586 bits per heavy atom. The highest BCUT2D eigenvalue weighted by Gasteiger charge is 2.41. The summed E-state index contributed by atoms with van der Waals surface area (Å²) in [6.07, 6.45) is 13.8. The molecule has 12 rings (SSSR count). The van der Waals surface area contributed by atoms with Gasteiger partial charge in [0.25, 0.3) is 0 Å². The molecule has 3 amide bonds. The average molecular weight is 1180 g/mol. The van der Waals surface area contributed by atoms with Crippen molar-refractivity contribution in [1.29, 1.82) is 15.8 Å². The summed E-state index contributed by atoms with van der Waals surface area (Å²) in [6.45, 7) is 16.9. The van der Waals surface area contributed by atoms with Crippen molar-refractivity contribution >= 4 is 56.6 Å². The average Bonchev–Trinajstić information content (AvgIpc) is 1.87. The fourth-order valence-corrected chi connectivity index (χ4v) is 12.8. The molecule has 18 heteroatoms. The molecule has 3 aliphatic heterocycles. The third-order valence-electron chi connectivity index (χ3n) is 17.5. The number of carbonyl (C=O) groups excluding carboxylic acids is 3.